The molecule has 166 valence electrons. The van der Waals surface area contributed by atoms with Crippen molar-refractivity contribution in [1.82, 2.24) is 14.9 Å². The maximum Gasteiger partial charge on any atom is 0.278 e. The van der Waals surface area contributed by atoms with Crippen LogP contribution in [-0.2, 0) is 6.54 Å². The smallest absolute Gasteiger partial charge is 0.278 e. The van der Waals surface area contributed by atoms with Gasteiger partial charge in [-0.1, -0.05) is 31.2 Å². The Morgan fingerprint density at radius 1 is 1.12 bits per heavy atom. The van der Waals surface area contributed by atoms with E-state index in [9.17, 15) is 15.0 Å². The van der Waals surface area contributed by atoms with Gasteiger partial charge in [-0.25, -0.2) is 9.97 Å². The molecule has 0 saturated carbocycles. The predicted octanol–water partition coefficient (Wildman–Crippen LogP) is 3.62. The molecule has 2 aromatic carbocycles. The van der Waals surface area contributed by atoms with Crippen LogP contribution in [0, 0.1) is 5.92 Å². The van der Waals surface area contributed by atoms with Crippen LogP contribution in [0.1, 0.15) is 35.8 Å². The first kappa shape index (κ1) is 21.6. The number of phenolic OH excluding ortho intramolecular Hbond substituents is 2. The van der Waals surface area contributed by atoms with Crippen LogP contribution in [0.2, 0.25) is 0 Å². The first-order valence-electron chi connectivity index (χ1n) is 10.7. The van der Waals surface area contributed by atoms with Crippen molar-refractivity contribution in [2.45, 2.75) is 26.3 Å². The molecule has 32 heavy (non-hydrogen) atoms. The van der Waals surface area contributed by atoms with Crippen LogP contribution in [-0.4, -0.2) is 44.1 Å². The summed E-state index contributed by atoms with van der Waals surface area (Å²) in [6.45, 7) is 5.48. The molecule has 1 aliphatic heterocycles. The minimum Gasteiger partial charge on any atom is -0.508 e. The fraction of sp³-hybridized carbons (Fsp3) is 0.292. The van der Waals surface area contributed by atoms with Crippen LogP contribution >= 0.6 is 0 Å². The van der Waals surface area contributed by atoms with E-state index in [0.29, 0.717) is 5.69 Å². The normalized spacial score (nSPS) is 14.9. The zero-order valence-corrected chi connectivity index (χ0v) is 18.0. The molecular weight excluding hydrogens is 406 g/mol. The van der Waals surface area contributed by atoms with Gasteiger partial charge in [-0.2, -0.15) is 0 Å². The molecule has 8 heteroatoms. The average Bonchev–Trinajstić information content (AvgIpc) is 2.75. The number of nitrogens with two attached hydrogens (primary N) is 1. The summed E-state index contributed by atoms with van der Waals surface area (Å²) in [6, 6.07) is 11.9. The van der Waals surface area contributed by atoms with Crippen molar-refractivity contribution in [3.63, 3.8) is 0 Å². The number of aromatic hydroxyl groups is 2. The summed E-state index contributed by atoms with van der Waals surface area (Å²) in [6.07, 6.45) is 4.02. The lowest BCUT2D eigenvalue weighted by Crippen LogP contribution is -2.32. The maximum atomic E-state index is 12.7. The van der Waals surface area contributed by atoms with Crippen molar-refractivity contribution in [2.75, 3.05) is 24.1 Å². The summed E-state index contributed by atoms with van der Waals surface area (Å²) >= 11 is 0. The number of phenols is 2. The molecule has 1 fully saturated rings. The fourth-order valence-corrected chi connectivity index (χ4v) is 3.82. The van der Waals surface area contributed by atoms with Gasteiger partial charge in [-0.05, 0) is 37.4 Å². The SMILES string of the molecule is CC1CCN(Cc2ccc(-c3cnc(N)c(C(=O)Nc4cc(O)cc(O)c4)n3)cc2)CC1. The second kappa shape index (κ2) is 9.23. The van der Waals surface area contributed by atoms with Crippen LogP contribution in [0.5, 0.6) is 11.5 Å². The molecule has 8 nitrogen and oxygen atoms in total. The average molecular weight is 434 g/mol. The Labute approximate surface area is 186 Å². The Kier molecular flexibility index (Phi) is 6.23. The standard InChI is InChI=1S/C24H27N5O3/c1-15-6-8-29(9-7-15)14-16-2-4-17(5-3-16)21-13-26-23(25)22(28-21)24(32)27-18-10-19(30)12-20(31)11-18/h2-5,10-13,15,30-31H,6-9,14H2,1H3,(H2,25,26)(H,27,32). The molecule has 0 unspecified atom stereocenters. The number of nitrogen functional groups attached to an aromatic ring is 1. The first-order chi connectivity index (χ1) is 15.4. The summed E-state index contributed by atoms with van der Waals surface area (Å²) in [5.41, 5.74) is 8.66. The highest BCUT2D eigenvalue weighted by molar-refractivity contribution is 6.06. The summed E-state index contributed by atoms with van der Waals surface area (Å²) in [7, 11) is 0. The molecule has 0 bridgehead atoms. The third-order valence-electron chi connectivity index (χ3n) is 5.71. The van der Waals surface area contributed by atoms with Crippen LogP contribution in [0.4, 0.5) is 11.5 Å². The van der Waals surface area contributed by atoms with Crippen molar-refractivity contribution in [1.29, 1.82) is 0 Å². The largest absolute Gasteiger partial charge is 0.508 e. The molecule has 0 atom stereocenters. The fourth-order valence-electron chi connectivity index (χ4n) is 3.82. The van der Waals surface area contributed by atoms with Gasteiger partial charge in [0.25, 0.3) is 5.91 Å². The Morgan fingerprint density at radius 2 is 1.78 bits per heavy atom. The van der Waals surface area contributed by atoms with Gasteiger partial charge >= 0.3 is 0 Å². The minimum atomic E-state index is -0.585. The first-order valence-corrected chi connectivity index (χ1v) is 10.7. The topological polar surface area (TPSA) is 125 Å². The quantitative estimate of drug-likeness (QED) is 0.484. The second-order valence-corrected chi connectivity index (χ2v) is 8.34. The third kappa shape index (κ3) is 5.15. The predicted molar refractivity (Wildman–Crippen MR) is 123 cm³/mol. The van der Waals surface area contributed by atoms with Crippen LogP contribution < -0.4 is 11.1 Å². The lowest BCUT2D eigenvalue weighted by Gasteiger charge is -2.30. The minimum absolute atomic E-state index is 0.00780. The van der Waals surface area contributed by atoms with Crippen molar-refractivity contribution in [3.05, 3.63) is 59.9 Å². The van der Waals surface area contributed by atoms with Crippen LogP contribution in [0.15, 0.2) is 48.7 Å². The number of nitrogens with one attached hydrogen (secondary N) is 1. The number of rotatable bonds is 5. The molecule has 4 rings (SSSR count). The molecule has 1 aliphatic rings. The lowest BCUT2D eigenvalue weighted by atomic mass is 9.98. The van der Waals surface area contributed by atoms with E-state index < -0.39 is 5.91 Å². The van der Waals surface area contributed by atoms with Gasteiger partial charge in [0.15, 0.2) is 11.5 Å². The van der Waals surface area contributed by atoms with E-state index in [4.69, 9.17) is 5.73 Å². The Hall–Kier alpha value is -3.65. The van der Waals surface area contributed by atoms with Gasteiger partial charge in [-0.3, -0.25) is 9.69 Å². The zero-order chi connectivity index (χ0) is 22.7. The molecule has 0 aliphatic carbocycles. The Bertz CT molecular complexity index is 1090. The van der Waals surface area contributed by atoms with Gasteiger partial charge in [-0.15, -0.1) is 0 Å². The number of hydrogen-bond donors (Lipinski definition) is 4. The highest BCUT2D eigenvalue weighted by Crippen LogP contribution is 2.25. The van der Waals surface area contributed by atoms with E-state index in [1.54, 1.807) is 0 Å². The van der Waals surface area contributed by atoms with Gasteiger partial charge < -0.3 is 21.3 Å². The third-order valence-corrected chi connectivity index (χ3v) is 5.71. The zero-order valence-electron chi connectivity index (χ0n) is 18.0. The van der Waals surface area contributed by atoms with E-state index in [2.05, 4.69) is 39.2 Å². The molecule has 1 saturated heterocycles. The van der Waals surface area contributed by atoms with Gasteiger partial charge in [0.2, 0.25) is 0 Å². The number of likely N-dealkylation sites (tertiary alicyclic amines) is 1. The molecule has 1 amide bonds. The van der Waals surface area contributed by atoms with Crippen molar-refractivity contribution < 1.29 is 15.0 Å². The molecule has 3 aromatic rings. The Balaban J connectivity index is 1.48. The molecular formula is C24H27N5O3. The number of carbonyl (C=O) groups excluding carboxylic acids is 1. The molecule has 5 N–H and O–H groups in total. The number of anilines is 2. The summed E-state index contributed by atoms with van der Waals surface area (Å²) in [5, 5.41) is 21.8. The second-order valence-electron chi connectivity index (χ2n) is 8.34. The summed E-state index contributed by atoms with van der Waals surface area (Å²) in [4.78, 5) is 23.7. The van der Waals surface area contributed by atoms with E-state index >= 15 is 0 Å². The molecule has 0 spiro atoms. The van der Waals surface area contributed by atoms with E-state index in [0.717, 1.165) is 31.1 Å². The Morgan fingerprint density at radius 3 is 2.44 bits per heavy atom. The number of carbonyl (C=O) groups is 1. The summed E-state index contributed by atoms with van der Waals surface area (Å²) in [5.74, 6) is -0.133. The number of nitrogens with zero attached hydrogens (tertiary/aromatic N) is 3. The van der Waals surface area contributed by atoms with Crippen molar-refractivity contribution >= 4 is 17.4 Å². The van der Waals surface area contributed by atoms with Gasteiger partial charge in [0, 0.05) is 36.0 Å². The van der Waals surface area contributed by atoms with Crippen LogP contribution in [0.3, 0.4) is 0 Å². The molecule has 1 aromatic heterocycles. The highest BCUT2D eigenvalue weighted by Gasteiger charge is 2.17. The highest BCUT2D eigenvalue weighted by atomic mass is 16.3. The van der Waals surface area contributed by atoms with Gasteiger partial charge in [0.1, 0.15) is 11.5 Å². The van der Waals surface area contributed by atoms with E-state index in [1.807, 2.05) is 12.1 Å². The van der Waals surface area contributed by atoms with Crippen molar-refractivity contribution in [2.24, 2.45) is 5.92 Å². The van der Waals surface area contributed by atoms with Crippen molar-refractivity contribution in [3.8, 4) is 22.8 Å². The van der Waals surface area contributed by atoms with Gasteiger partial charge in [0.05, 0.1) is 11.9 Å². The summed E-state index contributed by atoms with van der Waals surface area (Å²) < 4.78 is 0. The monoisotopic (exact) mass is 433 g/mol. The number of aromatic nitrogens is 2. The number of hydrogen-bond acceptors (Lipinski definition) is 7. The van der Waals surface area contributed by atoms with E-state index in [1.165, 1.54) is 42.8 Å². The number of amides is 1. The number of piperidine rings is 1. The van der Waals surface area contributed by atoms with E-state index in [-0.39, 0.29) is 28.7 Å². The number of benzene rings is 2. The molecule has 2 heterocycles. The molecule has 0 radical (unpaired) electrons. The maximum absolute atomic E-state index is 12.7. The van der Waals surface area contributed by atoms with Crippen LogP contribution in [0.25, 0.3) is 11.3 Å². The lowest BCUT2D eigenvalue weighted by molar-refractivity contribution is 0.102.